The number of nitrogens with zero attached hydrogens (tertiary/aromatic N) is 1. The van der Waals surface area contributed by atoms with Crippen LogP contribution in [0, 0.1) is 5.41 Å². The van der Waals surface area contributed by atoms with Crippen LogP contribution in [0.2, 0.25) is 0 Å². The molecule has 0 bridgehead atoms. The summed E-state index contributed by atoms with van der Waals surface area (Å²) in [6.45, 7) is 7.45. The van der Waals surface area contributed by atoms with E-state index < -0.39 is 0 Å². The van der Waals surface area contributed by atoms with Crippen LogP contribution in [0.4, 0.5) is 0 Å². The van der Waals surface area contributed by atoms with E-state index in [4.69, 9.17) is 0 Å². The average molecular weight is 239 g/mol. The second-order valence-electron chi connectivity index (χ2n) is 5.89. The highest BCUT2D eigenvalue weighted by atomic mass is 16.2. The van der Waals surface area contributed by atoms with Gasteiger partial charge in [-0.3, -0.25) is 9.69 Å². The van der Waals surface area contributed by atoms with Crippen molar-refractivity contribution in [3.05, 3.63) is 0 Å². The maximum atomic E-state index is 11.9. The summed E-state index contributed by atoms with van der Waals surface area (Å²) in [5.41, 5.74) is -0.178. The first-order valence-electron chi connectivity index (χ1n) is 6.75. The summed E-state index contributed by atoms with van der Waals surface area (Å²) < 4.78 is 0. The molecule has 17 heavy (non-hydrogen) atoms. The second kappa shape index (κ2) is 4.94. The molecule has 2 fully saturated rings. The average Bonchev–Trinajstić information content (AvgIpc) is 2.72. The number of nitrogens with one attached hydrogen (secondary N) is 2. The van der Waals surface area contributed by atoms with Gasteiger partial charge in [0.25, 0.3) is 0 Å². The van der Waals surface area contributed by atoms with Crippen molar-refractivity contribution in [2.75, 3.05) is 26.7 Å². The minimum Gasteiger partial charge on any atom is -0.359 e. The Morgan fingerprint density at radius 2 is 2.29 bits per heavy atom. The Balaban J connectivity index is 1.95. The van der Waals surface area contributed by atoms with Crippen molar-refractivity contribution >= 4 is 5.91 Å². The summed E-state index contributed by atoms with van der Waals surface area (Å²) in [6, 6.07) is 1.28. The molecule has 1 amide bonds. The first-order chi connectivity index (χ1) is 8.05. The fourth-order valence-electron chi connectivity index (χ4n) is 3.23. The topological polar surface area (TPSA) is 44.4 Å². The maximum Gasteiger partial charge on any atom is 0.227 e. The Morgan fingerprint density at radius 1 is 1.53 bits per heavy atom. The van der Waals surface area contributed by atoms with Crippen LogP contribution >= 0.6 is 0 Å². The van der Waals surface area contributed by atoms with E-state index in [1.165, 1.54) is 12.8 Å². The third kappa shape index (κ3) is 2.63. The summed E-state index contributed by atoms with van der Waals surface area (Å²) in [7, 11) is 1.74. The summed E-state index contributed by atoms with van der Waals surface area (Å²) >= 11 is 0. The zero-order valence-corrected chi connectivity index (χ0v) is 11.3. The molecule has 0 aromatic carbocycles. The molecule has 0 aliphatic carbocycles. The molecule has 0 saturated carbocycles. The summed E-state index contributed by atoms with van der Waals surface area (Å²) in [5, 5.41) is 6.29. The molecular formula is C13H25N3O. The fraction of sp³-hybridized carbons (Fsp3) is 0.923. The quantitative estimate of drug-likeness (QED) is 0.741. The predicted molar refractivity (Wildman–Crippen MR) is 68.9 cm³/mol. The first-order valence-corrected chi connectivity index (χ1v) is 6.75. The number of likely N-dealkylation sites (tertiary alicyclic amines) is 1. The van der Waals surface area contributed by atoms with Crippen LogP contribution in [0.5, 0.6) is 0 Å². The van der Waals surface area contributed by atoms with Crippen molar-refractivity contribution in [2.24, 2.45) is 5.41 Å². The van der Waals surface area contributed by atoms with E-state index in [1.807, 2.05) is 0 Å². The van der Waals surface area contributed by atoms with E-state index in [0.717, 1.165) is 26.1 Å². The molecule has 3 atom stereocenters. The number of rotatable bonds is 2. The van der Waals surface area contributed by atoms with E-state index in [9.17, 15) is 4.79 Å². The van der Waals surface area contributed by atoms with Gasteiger partial charge in [0.15, 0.2) is 0 Å². The normalized spacial score (nSPS) is 39.2. The van der Waals surface area contributed by atoms with Gasteiger partial charge in [-0.2, -0.15) is 0 Å². The third-order valence-electron chi connectivity index (χ3n) is 4.39. The van der Waals surface area contributed by atoms with Gasteiger partial charge in [-0.1, -0.05) is 0 Å². The molecule has 2 heterocycles. The van der Waals surface area contributed by atoms with Gasteiger partial charge in [-0.25, -0.2) is 0 Å². The van der Waals surface area contributed by atoms with E-state index in [1.54, 1.807) is 7.05 Å². The molecule has 0 aromatic rings. The van der Waals surface area contributed by atoms with Crippen molar-refractivity contribution in [1.82, 2.24) is 15.5 Å². The van der Waals surface area contributed by atoms with Gasteiger partial charge in [0.05, 0.1) is 5.41 Å². The molecule has 2 rings (SSSR count). The fourth-order valence-corrected chi connectivity index (χ4v) is 3.23. The number of amides is 1. The molecule has 98 valence electrons. The molecular weight excluding hydrogens is 214 g/mol. The smallest absolute Gasteiger partial charge is 0.227 e. The van der Waals surface area contributed by atoms with Crippen LogP contribution in [0.15, 0.2) is 0 Å². The third-order valence-corrected chi connectivity index (χ3v) is 4.39. The van der Waals surface area contributed by atoms with E-state index in [-0.39, 0.29) is 11.3 Å². The Bertz CT molecular complexity index is 294. The van der Waals surface area contributed by atoms with Crippen LogP contribution in [0.3, 0.4) is 0 Å². The van der Waals surface area contributed by atoms with E-state index in [2.05, 4.69) is 29.4 Å². The number of piperidine rings is 1. The Kier molecular flexibility index (Phi) is 3.73. The number of carbonyl (C=O) groups is 1. The van der Waals surface area contributed by atoms with Gasteiger partial charge in [-0.05, 0) is 46.2 Å². The highest BCUT2D eigenvalue weighted by molar-refractivity contribution is 5.82. The molecule has 3 unspecified atom stereocenters. The first kappa shape index (κ1) is 12.8. The SMILES string of the molecule is CNC(=O)C1(C)CCN(C2CCNC(C)C2)C1. The van der Waals surface area contributed by atoms with Gasteiger partial charge in [0.1, 0.15) is 0 Å². The summed E-state index contributed by atoms with van der Waals surface area (Å²) in [6.07, 6.45) is 3.42. The zero-order chi connectivity index (χ0) is 12.5. The van der Waals surface area contributed by atoms with Crippen molar-refractivity contribution in [3.63, 3.8) is 0 Å². The van der Waals surface area contributed by atoms with Gasteiger partial charge in [-0.15, -0.1) is 0 Å². The van der Waals surface area contributed by atoms with Crippen LogP contribution in [-0.2, 0) is 4.79 Å². The Morgan fingerprint density at radius 3 is 2.94 bits per heavy atom. The molecule has 2 N–H and O–H groups in total. The van der Waals surface area contributed by atoms with Crippen LogP contribution < -0.4 is 10.6 Å². The van der Waals surface area contributed by atoms with Crippen molar-refractivity contribution in [3.8, 4) is 0 Å². The number of carbonyl (C=O) groups excluding carboxylic acids is 1. The molecule has 4 heteroatoms. The Labute approximate surface area is 104 Å². The highest BCUT2D eigenvalue weighted by Gasteiger charge is 2.42. The van der Waals surface area contributed by atoms with Crippen molar-refractivity contribution in [2.45, 2.75) is 45.2 Å². The van der Waals surface area contributed by atoms with Crippen molar-refractivity contribution < 1.29 is 4.79 Å². The monoisotopic (exact) mass is 239 g/mol. The number of hydrogen-bond acceptors (Lipinski definition) is 3. The minimum atomic E-state index is -0.178. The Hall–Kier alpha value is -0.610. The molecule has 0 radical (unpaired) electrons. The molecule has 0 spiro atoms. The largest absolute Gasteiger partial charge is 0.359 e. The van der Waals surface area contributed by atoms with Gasteiger partial charge in [0.2, 0.25) is 5.91 Å². The van der Waals surface area contributed by atoms with Gasteiger partial charge >= 0.3 is 0 Å². The molecule has 0 aromatic heterocycles. The lowest BCUT2D eigenvalue weighted by atomic mass is 9.88. The predicted octanol–water partition coefficient (Wildman–Crippen LogP) is 0.585. The molecule has 2 aliphatic rings. The van der Waals surface area contributed by atoms with Crippen LogP contribution in [-0.4, -0.2) is 49.6 Å². The maximum absolute atomic E-state index is 11.9. The summed E-state index contributed by atoms with van der Waals surface area (Å²) in [4.78, 5) is 14.4. The lowest BCUT2D eigenvalue weighted by molar-refractivity contribution is -0.129. The van der Waals surface area contributed by atoms with Gasteiger partial charge < -0.3 is 10.6 Å². The van der Waals surface area contributed by atoms with E-state index in [0.29, 0.717) is 12.1 Å². The zero-order valence-electron chi connectivity index (χ0n) is 11.3. The summed E-state index contributed by atoms with van der Waals surface area (Å²) in [5.74, 6) is 0.196. The van der Waals surface area contributed by atoms with Crippen LogP contribution in [0.1, 0.15) is 33.1 Å². The standard InChI is InChI=1S/C13H25N3O/c1-10-8-11(4-6-15-10)16-7-5-13(2,9-16)12(17)14-3/h10-11,15H,4-9H2,1-3H3,(H,14,17). The van der Waals surface area contributed by atoms with Crippen LogP contribution in [0.25, 0.3) is 0 Å². The lowest BCUT2D eigenvalue weighted by Gasteiger charge is -2.35. The second-order valence-corrected chi connectivity index (χ2v) is 5.89. The molecule has 2 aliphatic heterocycles. The van der Waals surface area contributed by atoms with Gasteiger partial charge in [0, 0.05) is 25.7 Å². The highest BCUT2D eigenvalue weighted by Crippen LogP contribution is 2.33. The molecule has 2 saturated heterocycles. The van der Waals surface area contributed by atoms with E-state index >= 15 is 0 Å². The number of hydrogen-bond donors (Lipinski definition) is 2. The lowest BCUT2D eigenvalue weighted by Crippen LogP contribution is -2.47. The molecule has 4 nitrogen and oxygen atoms in total. The minimum absolute atomic E-state index is 0.178. The van der Waals surface area contributed by atoms with Crippen molar-refractivity contribution in [1.29, 1.82) is 0 Å².